The zero-order chi connectivity index (χ0) is 12.0. The second-order valence-corrected chi connectivity index (χ2v) is 6.25. The van der Waals surface area contributed by atoms with Crippen LogP contribution in [0.15, 0.2) is 0 Å². The molecule has 0 saturated heterocycles. The van der Waals surface area contributed by atoms with Gasteiger partial charge in [-0.1, -0.05) is 17.8 Å². The molecule has 1 amide bonds. The minimum absolute atomic E-state index is 0.00856. The van der Waals surface area contributed by atoms with Crippen molar-refractivity contribution in [1.29, 1.82) is 0 Å². The molecule has 17 heavy (non-hydrogen) atoms. The number of fused-ring (bicyclic) bond motifs is 2. The van der Waals surface area contributed by atoms with Crippen LogP contribution in [0.25, 0.3) is 0 Å². The van der Waals surface area contributed by atoms with E-state index in [-0.39, 0.29) is 5.91 Å². The van der Waals surface area contributed by atoms with E-state index in [0.717, 1.165) is 18.0 Å². The molecule has 0 aromatic carbocycles. The Morgan fingerprint density at radius 1 is 1.47 bits per heavy atom. The van der Waals surface area contributed by atoms with Crippen LogP contribution in [-0.4, -0.2) is 16.9 Å². The summed E-state index contributed by atoms with van der Waals surface area (Å²) in [5, 5.41) is 3.63. The van der Waals surface area contributed by atoms with E-state index in [0.29, 0.717) is 22.0 Å². The van der Waals surface area contributed by atoms with Crippen LogP contribution in [0.2, 0.25) is 0 Å². The number of hydrogen-bond acceptors (Lipinski definition) is 4. The number of rotatable bonds is 2. The van der Waals surface area contributed by atoms with Gasteiger partial charge in [-0.05, 0) is 38.0 Å². The molecule has 1 heterocycles. The summed E-state index contributed by atoms with van der Waals surface area (Å²) < 4.78 is 0. The molecule has 2 fully saturated rings. The number of hydrogen-bond donors (Lipinski definition) is 2. The number of aromatic nitrogens is 1. The van der Waals surface area contributed by atoms with Gasteiger partial charge in [-0.25, -0.2) is 4.98 Å². The second-order valence-electron chi connectivity index (χ2n) is 5.22. The summed E-state index contributed by atoms with van der Waals surface area (Å²) >= 11 is 1.28. The zero-order valence-corrected chi connectivity index (χ0v) is 10.7. The number of nitrogens with zero attached hydrogens (tertiary/aromatic N) is 1. The van der Waals surface area contributed by atoms with Crippen molar-refractivity contribution in [1.82, 2.24) is 10.3 Å². The molecule has 2 saturated carbocycles. The fraction of sp³-hybridized carbons (Fsp3) is 0.667. The highest BCUT2D eigenvalue weighted by atomic mass is 32.1. The first-order valence-electron chi connectivity index (χ1n) is 6.17. The van der Waals surface area contributed by atoms with Gasteiger partial charge in [0.25, 0.3) is 5.91 Å². The number of nitrogens with two attached hydrogens (primary N) is 1. The van der Waals surface area contributed by atoms with Crippen molar-refractivity contribution in [2.45, 2.75) is 38.6 Å². The van der Waals surface area contributed by atoms with Crippen molar-refractivity contribution < 1.29 is 4.79 Å². The summed E-state index contributed by atoms with van der Waals surface area (Å²) in [4.78, 5) is 16.9. The molecule has 3 unspecified atom stereocenters. The molecule has 4 nitrogen and oxygen atoms in total. The minimum atomic E-state index is 0.00856. The summed E-state index contributed by atoms with van der Waals surface area (Å²) in [6.07, 6.45) is 5.08. The van der Waals surface area contributed by atoms with Gasteiger partial charge in [-0.15, -0.1) is 0 Å². The molecule has 3 rings (SSSR count). The molecule has 5 heteroatoms. The average molecular weight is 251 g/mol. The van der Waals surface area contributed by atoms with Crippen LogP contribution in [0.4, 0.5) is 5.13 Å². The number of thiazole rings is 1. The molecular formula is C12H17N3OS. The smallest absolute Gasteiger partial charge is 0.263 e. The SMILES string of the molecule is Cc1nc(N)sc1C(=O)NC1CC2CCC1C2. The summed E-state index contributed by atoms with van der Waals surface area (Å²) in [7, 11) is 0. The Kier molecular flexibility index (Phi) is 2.58. The van der Waals surface area contributed by atoms with Crippen molar-refractivity contribution in [2.75, 3.05) is 5.73 Å². The van der Waals surface area contributed by atoms with Gasteiger partial charge in [-0.3, -0.25) is 4.79 Å². The molecule has 1 aromatic rings. The van der Waals surface area contributed by atoms with Crippen molar-refractivity contribution in [3.05, 3.63) is 10.6 Å². The minimum Gasteiger partial charge on any atom is -0.375 e. The van der Waals surface area contributed by atoms with Crippen LogP contribution >= 0.6 is 11.3 Å². The maximum Gasteiger partial charge on any atom is 0.263 e. The lowest BCUT2D eigenvalue weighted by Crippen LogP contribution is -2.38. The lowest BCUT2D eigenvalue weighted by Gasteiger charge is -2.22. The number of aryl methyl sites for hydroxylation is 1. The topological polar surface area (TPSA) is 68.0 Å². The van der Waals surface area contributed by atoms with Crippen molar-refractivity contribution in [3.63, 3.8) is 0 Å². The van der Waals surface area contributed by atoms with Gasteiger partial charge in [0.05, 0.1) is 5.69 Å². The largest absolute Gasteiger partial charge is 0.375 e. The van der Waals surface area contributed by atoms with Crippen LogP contribution in [0, 0.1) is 18.8 Å². The van der Waals surface area contributed by atoms with Gasteiger partial charge in [-0.2, -0.15) is 0 Å². The number of carbonyl (C=O) groups excluding carboxylic acids is 1. The van der Waals surface area contributed by atoms with E-state index in [1.54, 1.807) is 0 Å². The summed E-state index contributed by atoms with van der Waals surface area (Å²) in [6, 6.07) is 0.379. The molecule has 3 atom stereocenters. The standard InChI is InChI=1S/C12H17N3OS/c1-6-10(17-12(13)14-6)11(16)15-9-5-7-2-3-8(9)4-7/h7-9H,2-5H2,1H3,(H2,13,14)(H,15,16). The highest BCUT2D eigenvalue weighted by Gasteiger charge is 2.40. The molecule has 0 radical (unpaired) electrons. The van der Waals surface area contributed by atoms with Crippen molar-refractivity contribution in [3.8, 4) is 0 Å². The first kappa shape index (κ1) is 11.0. The van der Waals surface area contributed by atoms with Gasteiger partial charge in [0, 0.05) is 6.04 Å². The van der Waals surface area contributed by atoms with Crippen LogP contribution in [-0.2, 0) is 0 Å². The Labute approximate surface area is 105 Å². The zero-order valence-electron chi connectivity index (χ0n) is 9.90. The van der Waals surface area contributed by atoms with Gasteiger partial charge < -0.3 is 11.1 Å². The average Bonchev–Trinajstić information content (AvgIpc) is 2.93. The Hall–Kier alpha value is -1.10. The number of nitrogens with one attached hydrogen (secondary N) is 1. The molecule has 92 valence electrons. The Bertz CT molecular complexity index is 457. The third-order valence-electron chi connectivity index (χ3n) is 4.07. The van der Waals surface area contributed by atoms with E-state index in [1.165, 1.54) is 30.6 Å². The van der Waals surface area contributed by atoms with Crippen molar-refractivity contribution >= 4 is 22.4 Å². The number of anilines is 1. The molecule has 3 N–H and O–H groups in total. The Morgan fingerprint density at radius 3 is 2.82 bits per heavy atom. The predicted octanol–water partition coefficient (Wildman–Crippen LogP) is 1.95. The van der Waals surface area contributed by atoms with E-state index in [4.69, 9.17) is 5.73 Å². The van der Waals surface area contributed by atoms with Gasteiger partial charge in [0.2, 0.25) is 0 Å². The van der Waals surface area contributed by atoms with Crippen LogP contribution in [0.1, 0.15) is 41.0 Å². The van der Waals surface area contributed by atoms with E-state index in [9.17, 15) is 4.79 Å². The van der Waals surface area contributed by atoms with Gasteiger partial charge >= 0.3 is 0 Å². The van der Waals surface area contributed by atoms with Crippen LogP contribution in [0.5, 0.6) is 0 Å². The molecular weight excluding hydrogens is 234 g/mol. The number of nitrogen functional groups attached to an aromatic ring is 1. The Morgan fingerprint density at radius 2 is 2.29 bits per heavy atom. The summed E-state index contributed by atoms with van der Waals surface area (Å²) in [5.74, 6) is 1.56. The lowest BCUT2D eigenvalue weighted by atomic mass is 9.95. The summed E-state index contributed by atoms with van der Waals surface area (Å²) in [5.41, 5.74) is 6.36. The van der Waals surface area contributed by atoms with E-state index in [2.05, 4.69) is 10.3 Å². The normalized spacial score (nSPS) is 30.8. The van der Waals surface area contributed by atoms with E-state index in [1.807, 2.05) is 6.92 Å². The van der Waals surface area contributed by atoms with Gasteiger partial charge in [0.1, 0.15) is 4.88 Å². The van der Waals surface area contributed by atoms with Crippen LogP contribution < -0.4 is 11.1 Å². The molecule has 0 aliphatic heterocycles. The predicted molar refractivity (Wildman–Crippen MR) is 68.0 cm³/mol. The highest BCUT2D eigenvalue weighted by molar-refractivity contribution is 7.17. The second kappa shape index (κ2) is 3.98. The highest BCUT2D eigenvalue weighted by Crippen LogP contribution is 2.44. The molecule has 2 aliphatic rings. The van der Waals surface area contributed by atoms with Crippen LogP contribution in [0.3, 0.4) is 0 Å². The third kappa shape index (κ3) is 1.92. The number of carbonyl (C=O) groups is 1. The molecule has 2 aliphatic carbocycles. The van der Waals surface area contributed by atoms with E-state index < -0.39 is 0 Å². The summed E-state index contributed by atoms with van der Waals surface area (Å²) in [6.45, 7) is 1.84. The third-order valence-corrected chi connectivity index (χ3v) is 5.06. The lowest BCUT2D eigenvalue weighted by molar-refractivity contribution is 0.0926. The van der Waals surface area contributed by atoms with Gasteiger partial charge in [0.15, 0.2) is 5.13 Å². The maximum absolute atomic E-state index is 12.1. The first-order valence-corrected chi connectivity index (χ1v) is 6.99. The van der Waals surface area contributed by atoms with E-state index >= 15 is 0 Å². The molecule has 2 bridgehead atoms. The quantitative estimate of drug-likeness (QED) is 0.844. The molecule has 1 aromatic heterocycles. The first-order chi connectivity index (χ1) is 8.13. The monoisotopic (exact) mass is 251 g/mol. The fourth-order valence-corrected chi connectivity index (χ4v) is 4.02. The maximum atomic E-state index is 12.1. The number of amides is 1. The Balaban J connectivity index is 1.69. The van der Waals surface area contributed by atoms with Crippen molar-refractivity contribution in [2.24, 2.45) is 11.8 Å². The molecule has 0 spiro atoms. The fourth-order valence-electron chi connectivity index (χ4n) is 3.28.